The van der Waals surface area contributed by atoms with E-state index in [0.29, 0.717) is 24.3 Å². The molecular formula is C37H35F3N2O7. The van der Waals surface area contributed by atoms with Gasteiger partial charge in [-0.25, -0.2) is 9.59 Å². The van der Waals surface area contributed by atoms with Crippen LogP contribution >= 0.6 is 0 Å². The van der Waals surface area contributed by atoms with Gasteiger partial charge in [-0.15, -0.1) is 13.2 Å². The molecule has 1 aliphatic heterocycles. The third-order valence-corrected chi connectivity index (χ3v) is 7.48. The number of hydrogen-bond donors (Lipinski definition) is 1. The minimum Gasteiger partial charge on any atom is -0.459 e. The molecule has 0 aromatic heterocycles. The highest BCUT2D eigenvalue weighted by molar-refractivity contribution is 5.85. The first-order chi connectivity index (χ1) is 23.2. The summed E-state index contributed by atoms with van der Waals surface area (Å²) in [5.41, 5.74) is 3.55. The van der Waals surface area contributed by atoms with E-state index in [-0.39, 0.29) is 24.6 Å². The molecule has 12 heteroatoms. The van der Waals surface area contributed by atoms with Gasteiger partial charge in [0.05, 0.1) is 5.92 Å². The van der Waals surface area contributed by atoms with Crippen molar-refractivity contribution in [3.8, 4) is 28.4 Å². The second kappa shape index (κ2) is 14.7. The van der Waals surface area contributed by atoms with Crippen molar-refractivity contribution in [2.45, 2.75) is 51.6 Å². The zero-order valence-corrected chi connectivity index (χ0v) is 27.1. The summed E-state index contributed by atoms with van der Waals surface area (Å²) in [5.74, 6) is -1.08. The highest BCUT2D eigenvalue weighted by Gasteiger charge is 2.31. The number of carbonyl (C=O) groups is 3. The van der Waals surface area contributed by atoms with Gasteiger partial charge in [0.2, 0.25) is 0 Å². The number of ether oxygens (including phenoxy) is 4. The Balaban J connectivity index is 1.18. The van der Waals surface area contributed by atoms with Crippen molar-refractivity contribution in [3.05, 3.63) is 114 Å². The number of hydrogen-bond acceptors (Lipinski definition) is 7. The van der Waals surface area contributed by atoms with E-state index in [9.17, 15) is 27.6 Å². The molecule has 1 aliphatic rings. The zero-order chi connectivity index (χ0) is 35.2. The second-order valence-corrected chi connectivity index (χ2v) is 12.3. The minimum absolute atomic E-state index is 0.130. The molecule has 2 amide bonds. The van der Waals surface area contributed by atoms with Crippen molar-refractivity contribution in [1.82, 2.24) is 10.2 Å². The van der Waals surface area contributed by atoms with Gasteiger partial charge in [0.15, 0.2) is 0 Å². The molecule has 1 heterocycles. The van der Waals surface area contributed by atoms with Crippen molar-refractivity contribution >= 4 is 18.2 Å². The first-order valence-corrected chi connectivity index (χ1v) is 15.5. The number of rotatable bonds is 8. The summed E-state index contributed by atoms with van der Waals surface area (Å²) in [6.07, 6.45) is -6.18. The monoisotopic (exact) mass is 676 g/mol. The number of carbonyl (C=O) groups excluding carboxylic acids is 3. The van der Waals surface area contributed by atoms with Gasteiger partial charge in [0, 0.05) is 19.6 Å². The third-order valence-electron chi connectivity index (χ3n) is 7.48. The fourth-order valence-corrected chi connectivity index (χ4v) is 5.21. The van der Waals surface area contributed by atoms with Crippen LogP contribution in [0.5, 0.6) is 17.2 Å². The summed E-state index contributed by atoms with van der Waals surface area (Å²) in [7, 11) is 0. The highest BCUT2D eigenvalue weighted by atomic mass is 19.4. The average Bonchev–Trinajstić information content (AvgIpc) is 3.04. The molecule has 0 fully saturated rings. The lowest BCUT2D eigenvalue weighted by atomic mass is 9.96. The molecule has 0 saturated carbocycles. The SMILES string of the molecule is CC(C)(C)OC(=O)C(CNC(=O)OC(=O)N1CCc2ccc(Oc3ccc(OC(F)(F)F)cc3)cc2C1)c1ccc(-c2ccccc2)cc1. The quantitative estimate of drug-likeness (QED) is 0.148. The van der Waals surface area contributed by atoms with Crippen LogP contribution in [0.15, 0.2) is 97.1 Å². The predicted octanol–water partition coefficient (Wildman–Crippen LogP) is 8.37. The number of nitrogens with one attached hydrogen (secondary N) is 1. The molecule has 0 bridgehead atoms. The van der Waals surface area contributed by atoms with Crippen molar-refractivity contribution in [3.63, 3.8) is 0 Å². The summed E-state index contributed by atoms with van der Waals surface area (Å²) >= 11 is 0. The van der Waals surface area contributed by atoms with E-state index < -0.39 is 36.0 Å². The van der Waals surface area contributed by atoms with E-state index >= 15 is 0 Å². The van der Waals surface area contributed by atoms with E-state index in [4.69, 9.17) is 14.2 Å². The maximum atomic E-state index is 13.2. The number of halogens is 3. The van der Waals surface area contributed by atoms with Crippen LogP contribution in [0.3, 0.4) is 0 Å². The van der Waals surface area contributed by atoms with Gasteiger partial charge >= 0.3 is 24.5 Å². The van der Waals surface area contributed by atoms with Crippen molar-refractivity contribution in [1.29, 1.82) is 0 Å². The molecule has 49 heavy (non-hydrogen) atoms. The number of benzene rings is 4. The highest BCUT2D eigenvalue weighted by Crippen LogP contribution is 2.30. The largest absolute Gasteiger partial charge is 0.573 e. The van der Waals surface area contributed by atoms with Gasteiger partial charge < -0.3 is 29.2 Å². The Bertz CT molecular complexity index is 1770. The van der Waals surface area contributed by atoms with E-state index in [0.717, 1.165) is 34.4 Å². The molecule has 0 saturated heterocycles. The number of alkyl halides is 3. The van der Waals surface area contributed by atoms with Gasteiger partial charge in [-0.3, -0.25) is 4.79 Å². The van der Waals surface area contributed by atoms with Crippen molar-refractivity contribution in [2.24, 2.45) is 0 Å². The van der Waals surface area contributed by atoms with Crippen LogP contribution in [-0.4, -0.2) is 48.1 Å². The number of alkyl carbamates (subject to hydrolysis) is 1. The summed E-state index contributed by atoms with van der Waals surface area (Å²) in [6, 6.07) is 27.4. The van der Waals surface area contributed by atoms with Crippen LogP contribution in [-0.2, 0) is 27.2 Å². The molecule has 1 atom stereocenters. The van der Waals surface area contributed by atoms with Gasteiger partial charge in [0.25, 0.3) is 0 Å². The lowest BCUT2D eigenvalue weighted by Crippen LogP contribution is -2.41. The standard InChI is InChI=1S/C37H35F3N2O7/c1-36(2,3)49-33(43)32(27-11-9-25(10-12-27)24-7-5-4-6-8-24)22-41-34(44)47-35(45)42-20-19-26-13-14-31(21-28(26)23-42)46-29-15-17-30(18-16-29)48-37(38,39)40/h4-18,21,32H,19-20,22-23H2,1-3H3,(H,41,44). The molecule has 256 valence electrons. The average molecular weight is 677 g/mol. The topological polar surface area (TPSA) is 103 Å². The first-order valence-electron chi connectivity index (χ1n) is 15.5. The molecular weight excluding hydrogens is 641 g/mol. The third kappa shape index (κ3) is 9.99. The molecule has 0 aliphatic carbocycles. The summed E-state index contributed by atoms with van der Waals surface area (Å²) < 4.78 is 57.7. The summed E-state index contributed by atoms with van der Waals surface area (Å²) in [6.45, 7) is 5.52. The Morgan fingerprint density at radius 1 is 0.796 bits per heavy atom. The predicted molar refractivity (Wildman–Crippen MR) is 174 cm³/mol. The Labute approximate surface area is 281 Å². The molecule has 4 aromatic carbocycles. The lowest BCUT2D eigenvalue weighted by molar-refractivity contribution is -0.274. The van der Waals surface area contributed by atoms with Gasteiger partial charge in [-0.1, -0.05) is 60.7 Å². The number of nitrogens with zero attached hydrogens (tertiary/aromatic N) is 1. The number of amides is 2. The number of esters is 1. The Morgan fingerprint density at radius 2 is 1.43 bits per heavy atom. The van der Waals surface area contributed by atoms with Crippen molar-refractivity contribution in [2.75, 3.05) is 13.1 Å². The minimum atomic E-state index is -4.80. The van der Waals surface area contributed by atoms with E-state index in [2.05, 4.69) is 10.1 Å². The van der Waals surface area contributed by atoms with Gasteiger partial charge in [-0.05, 0) is 91.4 Å². The van der Waals surface area contributed by atoms with Crippen LogP contribution in [0.2, 0.25) is 0 Å². The zero-order valence-electron chi connectivity index (χ0n) is 27.1. The van der Waals surface area contributed by atoms with Crippen LogP contribution in [0.25, 0.3) is 11.1 Å². The van der Waals surface area contributed by atoms with Crippen LogP contribution in [0.1, 0.15) is 43.4 Å². The molecule has 0 spiro atoms. The Hall–Kier alpha value is -5.52. The molecule has 1 N–H and O–H groups in total. The van der Waals surface area contributed by atoms with E-state index in [1.54, 1.807) is 45.0 Å². The second-order valence-electron chi connectivity index (χ2n) is 12.3. The fourth-order valence-electron chi connectivity index (χ4n) is 5.21. The molecule has 0 radical (unpaired) electrons. The van der Waals surface area contributed by atoms with Crippen molar-refractivity contribution < 1.29 is 46.5 Å². The van der Waals surface area contributed by atoms with Crippen LogP contribution in [0.4, 0.5) is 22.8 Å². The number of fused-ring (bicyclic) bond motifs is 1. The lowest BCUT2D eigenvalue weighted by Gasteiger charge is -2.28. The van der Waals surface area contributed by atoms with Gasteiger partial charge in [-0.2, -0.15) is 0 Å². The summed E-state index contributed by atoms with van der Waals surface area (Å²) in [5, 5.41) is 2.54. The summed E-state index contributed by atoms with van der Waals surface area (Å²) in [4.78, 5) is 40.3. The first kappa shape index (κ1) is 34.8. The molecule has 9 nitrogen and oxygen atoms in total. The molecule has 1 unspecified atom stereocenters. The smallest absolute Gasteiger partial charge is 0.459 e. The van der Waals surface area contributed by atoms with Crippen LogP contribution < -0.4 is 14.8 Å². The molecule has 5 rings (SSSR count). The molecule has 4 aromatic rings. The van der Waals surface area contributed by atoms with E-state index in [1.807, 2.05) is 48.5 Å². The van der Waals surface area contributed by atoms with Gasteiger partial charge in [0.1, 0.15) is 22.8 Å². The van der Waals surface area contributed by atoms with Crippen LogP contribution in [0, 0.1) is 0 Å². The van der Waals surface area contributed by atoms with E-state index in [1.165, 1.54) is 17.0 Å². The fraction of sp³-hybridized carbons (Fsp3) is 0.270. The maximum Gasteiger partial charge on any atom is 0.573 e. The maximum absolute atomic E-state index is 13.2. The Morgan fingerprint density at radius 3 is 2.08 bits per heavy atom. The Kier molecular flexibility index (Phi) is 10.5. The normalized spacial score (nSPS) is 13.5.